The number of hydrogen-bond acceptors (Lipinski definition) is 4. The zero-order valence-corrected chi connectivity index (χ0v) is 22.1. The van der Waals surface area contributed by atoms with E-state index in [1.807, 2.05) is 25.3 Å². The van der Waals surface area contributed by atoms with Crippen molar-refractivity contribution >= 4 is 23.3 Å². The zero-order valence-electron chi connectivity index (χ0n) is 15.8. The Morgan fingerprint density at radius 1 is 1.23 bits per heavy atom. The van der Waals surface area contributed by atoms with Crippen molar-refractivity contribution in [2.75, 3.05) is 12.4 Å². The number of aryl methyl sites for hydroxylation is 1. The summed E-state index contributed by atoms with van der Waals surface area (Å²) in [4.78, 5) is 22.2. The van der Waals surface area contributed by atoms with Crippen LogP contribution in [0, 0.1) is 14.4 Å². The van der Waals surface area contributed by atoms with Crippen molar-refractivity contribution < 1.29 is 78.4 Å². The van der Waals surface area contributed by atoms with Gasteiger partial charge in [0.25, 0.3) is 0 Å². The normalized spacial score (nSPS) is 11.3. The van der Waals surface area contributed by atoms with E-state index < -0.39 is 0 Å². The molecule has 7 heteroatoms. The van der Waals surface area contributed by atoms with Crippen LogP contribution in [0.2, 0.25) is 0 Å². The number of rotatable bonds is 4. The second kappa shape index (κ2) is 11.1. The van der Waals surface area contributed by atoms with E-state index in [1.54, 1.807) is 19.4 Å². The number of amides is 1. The standard InChI is InChI=1S/C15H14N4O2.C3H6.CH3.Cs/c1-9-5-6-16-15(21-2)13(9)11-7-17-14-10(11)3-4-12(19-14)18-8-20;1-2-3-1;;/h3-8H,1-2H3,(H2,17,18,19,20);1-3H2;1H3;/q;;-1;+1. The largest absolute Gasteiger partial charge is 1.00 e. The van der Waals surface area contributed by atoms with Gasteiger partial charge in [0.05, 0.1) is 7.11 Å². The van der Waals surface area contributed by atoms with Crippen molar-refractivity contribution in [1.29, 1.82) is 0 Å². The Kier molecular flexibility index (Phi) is 9.91. The third-order valence-electron chi connectivity index (χ3n) is 3.69. The molecule has 3 aromatic rings. The minimum atomic E-state index is 0. The Hall–Kier alpha value is -0.838. The molecule has 26 heavy (non-hydrogen) atoms. The molecule has 2 N–H and O–H groups in total. The zero-order chi connectivity index (χ0) is 16.9. The van der Waals surface area contributed by atoms with Gasteiger partial charge < -0.3 is 22.5 Å². The van der Waals surface area contributed by atoms with Crippen LogP contribution in [0.1, 0.15) is 24.8 Å². The number of ether oxygens (including phenoxy) is 1. The van der Waals surface area contributed by atoms with E-state index in [0.29, 0.717) is 23.8 Å². The Morgan fingerprint density at radius 2 is 1.96 bits per heavy atom. The average molecular weight is 472 g/mol. The molecule has 0 spiro atoms. The minimum absolute atomic E-state index is 0. The number of pyridine rings is 2. The maximum absolute atomic E-state index is 10.5. The molecule has 3 heterocycles. The van der Waals surface area contributed by atoms with E-state index in [4.69, 9.17) is 4.74 Å². The number of hydrogen-bond donors (Lipinski definition) is 2. The third-order valence-corrected chi connectivity index (χ3v) is 3.69. The van der Waals surface area contributed by atoms with Crippen LogP contribution in [0.15, 0.2) is 30.6 Å². The molecule has 6 nitrogen and oxygen atoms in total. The molecule has 1 aliphatic carbocycles. The molecule has 4 rings (SSSR count). The molecule has 0 aromatic carbocycles. The molecule has 1 saturated carbocycles. The molecule has 1 amide bonds. The summed E-state index contributed by atoms with van der Waals surface area (Å²) < 4.78 is 5.36. The van der Waals surface area contributed by atoms with Crippen molar-refractivity contribution in [3.63, 3.8) is 0 Å². The molecular formula is C19H23CsN4O2. The Bertz CT molecular complexity index is 859. The fourth-order valence-corrected chi connectivity index (χ4v) is 2.37. The summed E-state index contributed by atoms with van der Waals surface area (Å²) in [5, 5.41) is 3.48. The van der Waals surface area contributed by atoms with Crippen LogP contribution >= 0.6 is 0 Å². The molecular weight excluding hydrogens is 449 g/mol. The molecule has 1 fully saturated rings. The molecule has 132 valence electrons. The number of H-pyrrole nitrogens is 1. The molecule has 0 bridgehead atoms. The van der Waals surface area contributed by atoms with Gasteiger partial charge in [0.15, 0.2) is 0 Å². The van der Waals surface area contributed by atoms with Crippen LogP contribution in [-0.2, 0) is 4.79 Å². The first-order valence-corrected chi connectivity index (χ1v) is 7.93. The van der Waals surface area contributed by atoms with Crippen LogP contribution in [0.25, 0.3) is 22.2 Å². The predicted molar refractivity (Wildman–Crippen MR) is 101 cm³/mol. The first kappa shape index (κ1) is 23.2. The fraction of sp³-hybridized carbons (Fsp3) is 0.263. The van der Waals surface area contributed by atoms with Crippen molar-refractivity contribution in [2.45, 2.75) is 26.2 Å². The number of nitrogens with one attached hydrogen (secondary N) is 2. The number of carbonyl (C=O) groups is 1. The molecule has 0 unspecified atom stereocenters. The third kappa shape index (κ3) is 5.58. The van der Waals surface area contributed by atoms with Gasteiger partial charge >= 0.3 is 68.9 Å². The van der Waals surface area contributed by atoms with Gasteiger partial charge in [-0.1, -0.05) is 19.3 Å². The summed E-state index contributed by atoms with van der Waals surface area (Å²) in [5.41, 5.74) is 3.67. The number of nitrogens with zero attached hydrogens (tertiary/aromatic N) is 2. The summed E-state index contributed by atoms with van der Waals surface area (Å²) in [6.07, 6.45) is 8.69. The summed E-state index contributed by atoms with van der Waals surface area (Å²) in [6.45, 7) is 2.01. The van der Waals surface area contributed by atoms with E-state index in [1.165, 1.54) is 19.3 Å². The van der Waals surface area contributed by atoms with Gasteiger partial charge in [-0.05, 0) is 30.7 Å². The van der Waals surface area contributed by atoms with E-state index in [9.17, 15) is 4.79 Å². The summed E-state index contributed by atoms with van der Waals surface area (Å²) in [7, 11) is 1.60. The summed E-state index contributed by atoms with van der Waals surface area (Å²) in [5.74, 6) is 1.08. The summed E-state index contributed by atoms with van der Waals surface area (Å²) >= 11 is 0. The quantitative estimate of drug-likeness (QED) is 0.441. The molecule has 0 radical (unpaired) electrons. The van der Waals surface area contributed by atoms with Gasteiger partial charge in [0, 0.05) is 28.9 Å². The Labute approximate surface area is 213 Å². The number of methoxy groups -OCH3 is 1. The maximum Gasteiger partial charge on any atom is 1.00 e. The van der Waals surface area contributed by atoms with Gasteiger partial charge in [-0.2, -0.15) is 0 Å². The second-order valence-electron chi connectivity index (χ2n) is 5.63. The van der Waals surface area contributed by atoms with Gasteiger partial charge in [0.1, 0.15) is 11.5 Å². The maximum atomic E-state index is 10.5. The Balaban J connectivity index is 0.000000615. The van der Waals surface area contributed by atoms with Crippen LogP contribution < -0.4 is 78.9 Å². The van der Waals surface area contributed by atoms with Crippen LogP contribution in [0.5, 0.6) is 5.88 Å². The minimum Gasteiger partial charge on any atom is -0.481 e. The van der Waals surface area contributed by atoms with Gasteiger partial charge in [-0.25, -0.2) is 9.97 Å². The predicted octanol–water partition coefficient (Wildman–Crippen LogP) is 1.13. The molecule has 0 atom stereocenters. The van der Waals surface area contributed by atoms with E-state index in [-0.39, 0.29) is 76.3 Å². The van der Waals surface area contributed by atoms with Crippen molar-refractivity contribution in [2.24, 2.45) is 0 Å². The SMILES string of the molecule is C1CC1.COc1nccc(C)c1-c1c[nH]c2nc(NC=O)ccc12.[CH3-].[Cs+]. The van der Waals surface area contributed by atoms with Crippen LogP contribution in [0.4, 0.5) is 5.82 Å². The number of aromatic amines is 1. The number of aromatic nitrogens is 3. The molecule has 0 saturated heterocycles. The van der Waals surface area contributed by atoms with Crippen molar-refractivity contribution in [3.8, 4) is 17.0 Å². The molecule has 1 aliphatic rings. The smallest absolute Gasteiger partial charge is 0.481 e. The van der Waals surface area contributed by atoms with Crippen molar-refractivity contribution in [3.05, 3.63) is 43.6 Å². The van der Waals surface area contributed by atoms with E-state index >= 15 is 0 Å². The Morgan fingerprint density at radius 3 is 2.58 bits per heavy atom. The van der Waals surface area contributed by atoms with Gasteiger partial charge in [-0.3, -0.25) is 4.79 Å². The first-order valence-electron chi connectivity index (χ1n) is 7.93. The van der Waals surface area contributed by atoms with Gasteiger partial charge in [-0.15, -0.1) is 0 Å². The van der Waals surface area contributed by atoms with Crippen LogP contribution in [0.3, 0.4) is 0 Å². The van der Waals surface area contributed by atoms with Crippen LogP contribution in [-0.4, -0.2) is 28.5 Å². The van der Waals surface area contributed by atoms with E-state index in [0.717, 1.165) is 22.1 Å². The van der Waals surface area contributed by atoms with Gasteiger partial charge in [0.2, 0.25) is 12.3 Å². The average Bonchev–Trinajstić information content (AvgIpc) is 3.42. The molecule has 3 aromatic heterocycles. The fourth-order valence-electron chi connectivity index (χ4n) is 2.37. The van der Waals surface area contributed by atoms with Crippen molar-refractivity contribution in [1.82, 2.24) is 15.0 Å². The first-order chi connectivity index (χ1) is 11.7. The second-order valence-corrected chi connectivity index (χ2v) is 5.63. The topological polar surface area (TPSA) is 79.9 Å². The monoisotopic (exact) mass is 472 g/mol. The number of anilines is 1. The summed E-state index contributed by atoms with van der Waals surface area (Å²) in [6, 6.07) is 5.60. The number of fused-ring (bicyclic) bond motifs is 1. The molecule has 0 aliphatic heterocycles. The van der Waals surface area contributed by atoms with E-state index in [2.05, 4.69) is 20.3 Å². The number of carbonyl (C=O) groups excluding carboxylic acids is 1.